The van der Waals surface area contributed by atoms with Gasteiger partial charge in [-0.15, -0.1) is 11.3 Å². The number of hydrogen-bond donors (Lipinski definition) is 2. The fraction of sp³-hybridized carbons (Fsp3) is 0.636. The summed E-state index contributed by atoms with van der Waals surface area (Å²) in [6.45, 7) is 3.57. The van der Waals surface area contributed by atoms with Gasteiger partial charge in [0.2, 0.25) is 10.0 Å². The minimum atomic E-state index is -3.27. The van der Waals surface area contributed by atoms with Gasteiger partial charge in [-0.25, -0.2) is 13.1 Å². The first kappa shape index (κ1) is 14.6. The molecule has 0 amide bonds. The molecule has 0 radical (unpaired) electrons. The maximum Gasteiger partial charge on any atom is 0.211 e. The van der Waals surface area contributed by atoms with E-state index in [2.05, 4.69) is 4.72 Å². The molecule has 0 aliphatic heterocycles. The number of hydrogen-bond acceptors (Lipinski definition) is 4. The summed E-state index contributed by atoms with van der Waals surface area (Å²) in [5.41, 5.74) is -1.15. The van der Waals surface area contributed by atoms with Crippen molar-refractivity contribution in [1.82, 2.24) is 4.72 Å². The zero-order valence-electron chi connectivity index (χ0n) is 10.1. The zero-order chi connectivity index (χ0) is 12.9. The molecule has 0 fully saturated rings. The fourth-order valence-corrected chi connectivity index (χ4v) is 3.43. The van der Waals surface area contributed by atoms with Crippen molar-refractivity contribution in [2.45, 2.75) is 32.3 Å². The van der Waals surface area contributed by atoms with E-state index in [1.165, 1.54) is 11.3 Å². The van der Waals surface area contributed by atoms with E-state index in [0.29, 0.717) is 6.42 Å². The highest BCUT2D eigenvalue weighted by atomic mass is 32.2. The van der Waals surface area contributed by atoms with Gasteiger partial charge in [-0.2, -0.15) is 0 Å². The molecule has 0 saturated carbocycles. The molecule has 0 saturated heterocycles. The minimum Gasteiger partial charge on any atom is -0.383 e. The number of nitrogens with one attached hydrogen (secondary N) is 1. The second-order valence-electron chi connectivity index (χ2n) is 4.24. The predicted octanol–water partition coefficient (Wildman–Crippen LogP) is 1.68. The van der Waals surface area contributed by atoms with Gasteiger partial charge in [0, 0.05) is 11.4 Å². The first-order chi connectivity index (χ1) is 7.87. The van der Waals surface area contributed by atoms with Gasteiger partial charge in [0.1, 0.15) is 5.60 Å². The Morgan fingerprint density at radius 1 is 1.53 bits per heavy atom. The van der Waals surface area contributed by atoms with Crippen LogP contribution in [0.15, 0.2) is 17.5 Å². The van der Waals surface area contributed by atoms with Crippen molar-refractivity contribution < 1.29 is 13.5 Å². The molecule has 0 aromatic carbocycles. The lowest BCUT2D eigenvalue weighted by atomic mass is 10.1. The van der Waals surface area contributed by atoms with Crippen LogP contribution in [-0.4, -0.2) is 25.8 Å². The molecule has 0 spiro atoms. The molecule has 0 aliphatic rings. The maximum absolute atomic E-state index is 11.6. The molecule has 1 heterocycles. The molecular weight excluding hydrogens is 258 g/mol. The van der Waals surface area contributed by atoms with E-state index in [0.717, 1.165) is 11.3 Å². The van der Waals surface area contributed by atoms with Crippen LogP contribution in [0.25, 0.3) is 0 Å². The number of aliphatic hydroxyl groups is 1. The van der Waals surface area contributed by atoms with Crippen molar-refractivity contribution in [3.05, 3.63) is 22.4 Å². The van der Waals surface area contributed by atoms with Crippen molar-refractivity contribution in [2.24, 2.45) is 0 Å². The Morgan fingerprint density at radius 2 is 2.24 bits per heavy atom. The number of rotatable bonds is 7. The second-order valence-corrected chi connectivity index (χ2v) is 7.12. The van der Waals surface area contributed by atoms with Crippen molar-refractivity contribution >= 4 is 21.4 Å². The Bertz CT molecular complexity index is 424. The van der Waals surface area contributed by atoms with E-state index < -0.39 is 15.6 Å². The maximum atomic E-state index is 11.6. The van der Waals surface area contributed by atoms with Gasteiger partial charge < -0.3 is 5.11 Å². The van der Waals surface area contributed by atoms with E-state index in [1.54, 1.807) is 13.0 Å². The average molecular weight is 277 g/mol. The lowest BCUT2D eigenvalue weighted by molar-refractivity contribution is 0.0666. The molecule has 4 nitrogen and oxygen atoms in total. The molecule has 1 unspecified atom stereocenters. The molecule has 2 N–H and O–H groups in total. The van der Waals surface area contributed by atoms with Crippen LogP contribution in [0.2, 0.25) is 0 Å². The standard InChI is InChI=1S/C11H19NO3S2/c1-3-4-8-17(14,15)12-9-11(2,13)10-6-5-7-16-10/h5-7,12-13H,3-4,8-9H2,1-2H3. The third-order valence-corrected chi connectivity index (χ3v) is 4.99. The quantitative estimate of drug-likeness (QED) is 0.797. The van der Waals surface area contributed by atoms with Gasteiger partial charge >= 0.3 is 0 Å². The third kappa shape index (κ3) is 4.75. The van der Waals surface area contributed by atoms with Crippen molar-refractivity contribution in [2.75, 3.05) is 12.3 Å². The highest BCUT2D eigenvalue weighted by Crippen LogP contribution is 2.24. The number of thiophene rings is 1. The Labute approximate surface area is 107 Å². The van der Waals surface area contributed by atoms with Gasteiger partial charge in [0.25, 0.3) is 0 Å². The summed E-state index contributed by atoms with van der Waals surface area (Å²) in [4.78, 5) is 0.760. The topological polar surface area (TPSA) is 66.4 Å². The van der Waals surface area contributed by atoms with E-state index in [9.17, 15) is 13.5 Å². The summed E-state index contributed by atoms with van der Waals surface area (Å²) in [6.07, 6.45) is 1.47. The SMILES string of the molecule is CCCCS(=O)(=O)NCC(C)(O)c1cccs1. The Balaban J connectivity index is 2.56. The largest absolute Gasteiger partial charge is 0.383 e. The smallest absolute Gasteiger partial charge is 0.211 e. The normalized spacial score (nSPS) is 15.7. The monoisotopic (exact) mass is 277 g/mol. The Morgan fingerprint density at radius 3 is 2.76 bits per heavy atom. The van der Waals surface area contributed by atoms with Gasteiger partial charge in [0.15, 0.2) is 0 Å². The highest BCUT2D eigenvalue weighted by Gasteiger charge is 2.26. The lowest BCUT2D eigenvalue weighted by Gasteiger charge is -2.22. The molecule has 1 aromatic heterocycles. The molecule has 1 aromatic rings. The summed E-state index contributed by atoms with van der Waals surface area (Å²) in [5.74, 6) is 0.115. The van der Waals surface area contributed by atoms with Crippen molar-refractivity contribution in [1.29, 1.82) is 0 Å². The molecule has 1 rings (SSSR count). The van der Waals surface area contributed by atoms with Crippen LogP contribution in [0, 0.1) is 0 Å². The second kappa shape index (κ2) is 5.95. The van der Waals surface area contributed by atoms with Crippen LogP contribution in [-0.2, 0) is 15.6 Å². The molecule has 17 heavy (non-hydrogen) atoms. The number of unbranched alkanes of at least 4 members (excludes halogenated alkanes) is 1. The average Bonchev–Trinajstić information content (AvgIpc) is 2.78. The van der Waals surface area contributed by atoms with Crippen LogP contribution >= 0.6 is 11.3 Å². The van der Waals surface area contributed by atoms with Crippen LogP contribution in [0.3, 0.4) is 0 Å². The summed E-state index contributed by atoms with van der Waals surface area (Å²) in [7, 11) is -3.27. The zero-order valence-corrected chi connectivity index (χ0v) is 11.8. The summed E-state index contributed by atoms with van der Waals surface area (Å²) in [6, 6.07) is 3.63. The molecule has 6 heteroatoms. The minimum absolute atomic E-state index is 0.0135. The highest BCUT2D eigenvalue weighted by molar-refractivity contribution is 7.89. The predicted molar refractivity (Wildman–Crippen MR) is 70.6 cm³/mol. The van der Waals surface area contributed by atoms with Gasteiger partial charge in [-0.1, -0.05) is 19.4 Å². The van der Waals surface area contributed by atoms with E-state index >= 15 is 0 Å². The number of sulfonamides is 1. The van der Waals surface area contributed by atoms with Crippen LogP contribution in [0.4, 0.5) is 0 Å². The van der Waals surface area contributed by atoms with Crippen LogP contribution < -0.4 is 4.72 Å². The van der Waals surface area contributed by atoms with E-state index in [4.69, 9.17) is 0 Å². The van der Waals surface area contributed by atoms with Crippen LogP contribution in [0.5, 0.6) is 0 Å². The fourth-order valence-electron chi connectivity index (χ4n) is 1.33. The van der Waals surface area contributed by atoms with Crippen molar-refractivity contribution in [3.8, 4) is 0 Å². The van der Waals surface area contributed by atoms with Crippen molar-refractivity contribution in [3.63, 3.8) is 0 Å². The first-order valence-electron chi connectivity index (χ1n) is 5.61. The third-order valence-electron chi connectivity index (χ3n) is 2.45. The molecule has 0 aliphatic carbocycles. The molecule has 98 valence electrons. The van der Waals surface area contributed by atoms with E-state index in [1.807, 2.05) is 18.4 Å². The first-order valence-corrected chi connectivity index (χ1v) is 8.14. The molecule has 1 atom stereocenters. The molecular formula is C11H19NO3S2. The van der Waals surface area contributed by atoms with Crippen LogP contribution in [0.1, 0.15) is 31.6 Å². The van der Waals surface area contributed by atoms with Gasteiger partial charge in [-0.05, 0) is 24.8 Å². The Hall–Kier alpha value is -0.430. The van der Waals surface area contributed by atoms with Gasteiger partial charge in [-0.3, -0.25) is 0 Å². The Kier molecular flexibility index (Phi) is 5.12. The van der Waals surface area contributed by atoms with E-state index in [-0.39, 0.29) is 12.3 Å². The summed E-state index contributed by atoms with van der Waals surface area (Å²) < 4.78 is 25.6. The van der Waals surface area contributed by atoms with Gasteiger partial charge in [0.05, 0.1) is 5.75 Å². The summed E-state index contributed by atoms with van der Waals surface area (Å²) in [5, 5.41) is 12.0. The lowest BCUT2D eigenvalue weighted by Crippen LogP contribution is -2.39. The summed E-state index contributed by atoms with van der Waals surface area (Å²) >= 11 is 1.41. The molecule has 0 bridgehead atoms.